The van der Waals surface area contributed by atoms with Gasteiger partial charge in [0.25, 0.3) is 0 Å². The monoisotopic (exact) mass is 235 g/mol. The van der Waals surface area contributed by atoms with Crippen molar-refractivity contribution in [3.8, 4) is 5.75 Å². The van der Waals surface area contributed by atoms with Crippen LogP contribution in [-0.4, -0.2) is 31.8 Å². The summed E-state index contributed by atoms with van der Waals surface area (Å²) >= 11 is 0. The maximum atomic E-state index is 11.0. The number of benzene rings is 1. The molecule has 4 nitrogen and oxygen atoms in total. The molecule has 0 spiro atoms. The average molecular weight is 235 g/mol. The van der Waals surface area contributed by atoms with Crippen LogP contribution in [0.15, 0.2) is 24.3 Å². The molecule has 1 heterocycles. The third-order valence-corrected chi connectivity index (χ3v) is 2.92. The van der Waals surface area contributed by atoms with Crippen LogP contribution >= 0.6 is 0 Å². The van der Waals surface area contributed by atoms with Crippen molar-refractivity contribution in [1.29, 1.82) is 0 Å². The van der Waals surface area contributed by atoms with Gasteiger partial charge in [-0.1, -0.05) is 12.1 Å². The van der Waals surface area contributed by atoms with Crippen molar-refractivity contribution >= 4 is 5.91 Å². The van der Waals surface area contributed by atoms with E-state index in [2.05, 4.69) is 5.32 Å². The third-order valence-electron chi connectivity index (χ3n) is 2.92. The number of morpholine rings is 1. The fourth-order valence-corrected chi connectivity index (χ4v) is 1.96. The summed E-state index contributed by atoms with van der Waals surface area (Å²) in [5.41, 5.74) is 0.809. The van der Waals surface area contributed by atoms with Crippen LogP contribution in [-0.2, 0) is 16.0 Å². The first-order valence-electron chi connectivity index (χ1n) is 5.65. The molecule has 0 bridgehead atoms. The molecule has 0 aromatic heterocycles. The van der Waals surface area contributed by atoms with E-state index in [4.69, 9.17) is 9.47 Å². The van der Waals surface area contributed by atoms with Crippen molar-refractivity contribution in [1.82, 2.24) is 5.32 Å². The van der Waals surface area contributed by atoms with E-state index in [0.717, 1.165) is 17.7 Å². The smallest absolute Gasteiger partial charge is 0.246 e. The molecule has 2 rings (SSSR count). The molecule has 1 atom stereocenters. The molecule has 0 saturated carbocycles. The summed E-state index contributed by atoms with van der Waals surface area (Å²) in [6.07, 6.45) is 0.754. The van der Waals surface area contributed by atoms with Gasteiger partial charge < -0.3 is 14.8 Å². The Labute approximate surface area is 101 Å². The van der Waals surface area contributed by atoms with E-state index in [0.29, 0.717) is 6.54 Å². The lowest BCUT2D eigenvalue weighted by atomic mass is 9.95. The number of ether oxygens (including phenoxy) is 2. The van der Waals surface area contributed by atoms with Gasteiger partial charge in [0.2, 0.25) is 5.91 Å². The zero-order valence-corrected chi connectivity index (χ0v) is 10.2. The van der Waals surface area contributed by atoms with Gasteiger partial charge in [-0.15, -0.1) is 0 Å². The van der Waals surface area contributed by atoms with E-state index in [1.54, 1.807) is 7.11 Å². The zero-order valence-electron chi connectivity index (χ0n) is 10.2. The minimum absolute atomic E-state index is 0.0480. The van der Waals surface area contributed by atoms with Crippen molar-refractivity contribution < 1.29 is 14.3 Å². The largest absolute Gasteiger partial charge is 0.497 e. The van der Waals surface area contributed by atoms with Gasteiger partial charge in [0.15, 0.2) is 0 Å². The third kappa shape index (κ3) is 2.97. The number of rotatable bonds is 3. The molecule has 1 fully saturated rings. The van der Waals surface area contributed by atoms with Gasteiger partial charge in [-0.3, -0.25) is 4.79 Å². The second kappa shape index (κ2) is 4.75. The summed E-state index contributed by atoms with van der Waals surface area (Å²) in [5, 5.41) is 2.83. The highest BCUT2D eigenvalue weighted by molar-refractivity contribution is 5.78. The Morgan fingerprint density at radius 1 is 1.53 bits per heavy atom. The lowest BCUT2D eigenvalue weighted by Gasteiger charge is -2.34. The molecule has 1 aliphatic rings. The highest BCUT2D eigenvalue weighted by atomic mass is 16.5. The van der Waals surface area contributed by atoms with Crippen LogP contribution in [0.2, 0.25) is 0 Å². The van der Waals surface area contributed by atoms with E-state index in [1.807, 2.05) is 31.2 Å². The molecule has 0 radical (unpaired) electrons. The van der Waals surface area contributed by atoms with Crippen LogP contribution < -0.4 is 10.1 Å². The zero-order chi connectivity index (χ0) is 12.3. The molecule has 92 valence electrons. The van der Waals surface area contributed by atoms with Crippen molar-refractivity contribution in [2.75, 3.05) is 20.3 Å². The Bertz CT molecular complexity index is 407. The molecule has 1 saturated heterocycles. The number of hydrogen-bond acceptors (Lipinski definition) is 3. The first-order chi connectivity index (χ1) is 8.11. The van der Waals surface area contributed by atoms with Gasteiger partial charge in [-0.2, -0.15) is 0 Å². The van der Waals surface area contributed by atoms with Crippen LogP contribution in [0, 0.1) is 0 Å². The quantitative estimate of drug-likeness (QED) is 0.854. The molecule has 1 aromatic carbocycles. The minimum atomic E-state index is -0.333. The number of carbonyl (C=O) groups excluding carboxylic acids is 1. The molecular formula is C13H17NO3. The van der Waals surface area contributed by atoms with Gasteiger partial charge in [0, 0.05) is 13.0 Å². The Morgan fingerprint density at radius 2 is 2.35 bits per heavy atom. The first-order valence-corrected chi connectivity index (χ1v) is 5.65. The van der Waals surface area contributed by atoms with Gasteiger partial charge >= 0.3 is 0 Å². The molecule has 4 heteroatoms. The molecule has 1 amide bonds. The fraction of sp³-hybridized carbons (Fsp3) is 0.462. The lowest BCUT2D eigenvalue weighted by molar-refractivity contribution is -0.141. The highest BCUT2D eigenvalue weighted by Crippen LogP contribution is 2.22. The summed E-state index contributed by atoms with van der Waals surface area (Å²) < 4.78 is 10.8. The Balaban J connectivity index is 2.06. The van der Waals surface area contributed by atoms with Crippen molar-refractivity contribution in [3.05, 3.63) is 29.8 Å². The number of amides is 1. The van der Waals surface area contributed by atoms with Gasteiger partial charge in [-0.05, 0) is 24.6 Å². The standard InChI is InChI=1S/C13H17NO3/c1-13(9-14-12(15)8-17-13)7-10-4-3-5-11(6-10)16-2/h3-6H,7-9H2,1-2H3,(H,14,15). The topological polar surface area (TPSA) is 47.6 Å². The van der Waals surface area contributed by atoms with E-state index in [9.17, 15) is 4.79 Å². The molecule has 1 aliphatic heterocycles. The summed E-state index contributed by atoms with van der Waals surface area (Å²) in [7, 11) is 1.65. The van der Waals surface area contributed by atoms with Gasteiger partial charge in [0.1, 0.15) is 12.4 Å². The number of nitrogens with one attached hydrogen (secondary N) is 1. The second-order valence-corrected chi connectivity index (χ2v) is 4.54. The Hall–Kier alpha value is -1.55. The predicted molar refractivity (Wildman–Crippen MR) is 64.1 cm³/mol. The average Bonchev–Trinajstić information content (AvgIpc) is 2.33. The molecule has 1 aromatic rings. The second-order valence-electron chi connectivity index (χ2n) is 4.54. The number of hydrogen-bond donors (Lipinski definition) is 1. The van der Waals surface area contributed by atoms with Crippen molar-refractivity contribution in [3.63, 3.8) is 0 Å². The van der Waals surface area contributed by atoms with Crippen LogP contribution in [0.4, 0.5) is 0 Å². The molecule has 17 heavy (non-hydrogen) atoms. The van der Waals surface area contributed by atoms with Crippen LogP contribution in [0.25, 0.3) is 0 Å². The SMILES string of the molecule is COc1cccc(CC2(C)CNC(=O)CO2)c1. The summed E-state index contributed by atoms with van der Waals surface area (Å²) in [6, 6.07) is 7.90. The van der Waals surface area contributed by atoms with Crippen LogP contribution in [0.3, 0.4) is 0 Å². The minimum Gasteiger partial charge on any atom is -0.497 e. The predicted octanol–water partition coefficient (Wildman–Crippen LogP) is 1.14. The molecular weight excluding hydrogens is 218 g/mol. The maximum Gasteiger partial charge on any atom is 0.246 e. The normalized spacial score (nSPS) is 24.2. The van der Waals surface area contributed by atoms with E-state index in [-0.39, 0.29) is 18.1 Å². The summed E-state index contributed by atoms with van der Waals surface area (Å²) in [4.78, 5) is 11.0. The molecule has 0 aliphatic carbocycles. The maximum absolute atomic E-state index is 11.0. The molecule has 1 unspecified atom stereocenters. The summed E-state index contributed by atoms with van der Waals surface area (Å²) in [5.74, 6) is 0.791. The van der Waals surface area contributed by atoms with E-state index < -0.39 is 0 Å². The first kappa shape index (κ1) is 11.9. The number of methoxy groups -OCH3 is 1. The summed E-state index contributed by atoms with van der Waals surface area (Å²) in [6.45, 7) is 2.69. The van der Waals surface area contributed by atoms with Gasteiger partial charge in [0.05, 0.1) is 12.7 Å². The highest BCUT2D eigenvalue weighted by Gasteiger charge is 2.31. The fourth-order valence-electron chi connectivity index (χ4n) is 1.96. The Morgan fingerprint density at radius 3 is 3.00 bits per heavy atom. The van der Waals surface area contributed by atoms with E-state index >= 15 is 0 Å². The molecule has 1 N–H and O–H groups in total. The Kier molecular flexibility index (Phi) is 3.33. The number of carbonyl (C=O) groups is 1. The van der Waals surface area contributed by atoms with Crippen molar-refractivity contribution in [2.24, 2.45) is 0 Å². The van der Waals surface area contributed by atoms with Crippen LogP contribution in [0.5, 0.6) is 5.75 Å². The van der Waals surface area contributed by atoms with Crippen molar-refractivity contribution in [2.45, 2.75) is 18.9 Å². The lowest BCUT2D eigenvalue weighted by Crippen LogP contribution is -2.51. The van der Waals surface area contributed by atoms with Gasteiger partial charge in [-0.25, -0.2) is 0 Å². The van der Waals surface area contributed by atoms with E-state index in [1.165, 1.54) is 0 Å². The van der Waals surface area contributed by atoms with Crippen LogP contribution in [0.1, 0.15) is 12.5 Å².